The third kappa shape index (κ3) is 4.52. The van der Waals surface area contributed by atoms with Crippen LogP contribution in [0.2, 0.25) is 0 Å². The van der Waals surface area contributed by atoms with Gasteiger partial charge < -0.3 is 14.7 Å². The maximum atomic E-state index is 16.8. The number of piperazine rings is 1. The number of aromatic nitrogens is 3. The zero-order valence-corrected chi connectivity index (χ0v) is 25.6. The van der Waals surface area contributed by atoms with E-state index in [9.17, 15) is 13.9 Å². The first-order chi connectivity index (χ1) is 22.3. The van der Waals surface area contributed by atoms with E-state index < -0.39 is 11.7 Å². The lowest BCUT2D eigenvalue weighted by molar-refractivity contribution is -0.135. The molecule has 2 aromatic heterocycles. The summed E-state index contributed by atoms with van der Waals surface area (Å²) in [4.78, 5) is 21.2. The molecule has 4 aromatic rings. The maximum absolute atomic E-state index is 16.8. The molecule has 4 aliphatic heterocycles. The zero-order chi connectivity index (χ0) is 31.2. The van der Waals surface area contributed by atoms with Crippen LogP contribution in [0, 0.1) is 5.82 Å². The Morgan fingerprint density at radius 1 is 0.935 bits per heavy atom. The van der Waals surface area contributed by atoms with E-state index >= 15 is 4.39 Å². The van der Waals surface area contributed by atoms with Crippen LogP contribution in [0.4, 0.5) is 19.0 Å². The van der Waals surface area contributed by atoms with Crippen LogP contribution in [0.1, 0.15) is 51.4 Å². The lowest BCUT2D eigenvalue weighted by Gasteiger charge is -2.50. The number of phenolic OH excluding ortho intramolecular Hbond substituents is 1. The van der Waals surface area contributed by atoms with Crippen LogP contribution < -0.4 is 9.64 Å². The fourth-order valence-corrected chi connectivity index (χ4v) is 9.21. The van der Waals surface area contributed by atoms with Crippen LogP contribution in [0.15, 0.2) is 42.6 Å². The van der Waals surface area contributed by atoms with Gasteiger partial charge in [-0.2, -0.15) is 9.97 Å². The molecule has 46 heavy (non-hydrogen) atoms. The molecule has 5 fully saturated rings. The number of ether oxygens (including phenoxy) is 1. The molecule has 1 N–H and O–H groups in total. The first-order valence-electron chi connectivity index (χ1n) is 16.6. The largest absolute Gasteiger partial charge is 0.508 e. The number of benzene rings is 2. The molecule has 4 saturated heterocycles. The van der Waals surface area contributed by atoms with E-state index in [1.54, 1.807) is 12.3 Å². The van der Waals surface area contributed by atoms with Crippen molar-refractivity contribution in [3.8, 4) is 23.0 Å². The molecule has 1 saturated carbocycles. The fourth-order valence-electron chi connectivity index (χ4n) is 9.21. The van der Waals surface area contributed by atoms with Gasteiger partial charge in [-0.05, 0) is 74.5 Å². The second-order valence-electron chi connectivity index (χ2n) is 14.1. The molecule has 0 amide bonds. The first-order valence-corrected chi connectivity index (χ1v) is 16.6. The van der Waals surface area contributed by atoms with Crippen molar-refractivity contribution in [2.75, 3.05) is 37.7 Å². The van der Waals surface area contributed by atoms with Crippen molar-refractivity contribution in [2.45, 2.75) is 81.0 Å². The van der Waals surface area contributed by atoms with Crippen molar-refractivity contribution < 1.29 is 23.0 Å². The number of pyridine rings is 1. The second kappa shape index (κ2) is 10.4. The SMILES string of the molecule is Oc1cc(-c2ncc3c(N4CC5CCC(C4)N5C4CC(F)(F)C4)nc(OCC45CCCN4CCC5)nc3c2F)c2ccccc2c1. The summed E-state index contributed by atoms with van der Waals surface area (Å²) in [5, 5.41) is 12.5. The van der Waals surface area contributed by atoms with Gasteiger partial charge in [-0.3, -0.25) is 14.8 Å². The van der Waals surface area contributed by atoms with Crippen molar-refractivity contribution in [2.24, 2.45) is 0 Å². The fraction of sp³-hybridized carbons (Fsp3) is 0.514. The Hall–Kier alpha value is -3.70. The summed E-state index contributed by atoms with van der Waals surface area (Å²) in [7, 11) is 0. The van der Waals surface area contributed by atoms with E-state index in [0.717, 1.165) is 62.4 Å². The maximum Gasteiger partial charge on any atom is 0.319 e. The number of hydrogen-bond donors (Lipinski definition) is 1. The van der Waals surface area contributed by atoms with E-state index in [2.05, 4.69) is 24.7 Å². The highest BCUT2D eigenvalue weighted by molar-refractivity contribution is 5.99. The summed E-state index contributed by atoms with van der Waals surface area (Å²) < 4.78 is 50.8. The quantitative estimate of drug-likeness (QED) is 0.272. The molecule has 2 aromatic carbocycles. The van der Waals surface area contributed by atoms with Crippen LogP contribution in [0.5, 0.6) is 11.8 Å². The van der Waals surface area contributed by atoms with Gasteiger partial charge in [0.25, 0.3) is 5.92 Å². The van der Waals surface area contributed by atoms with E-state index in [-0.39, 0.29) is 59.5 Å². The van der Waals surface area contributed by atoms with Crippen LogP contribution in [-0.4, -0.2) is 92.2 Å². The highest BCUT2D eigenvalue weighted by atomic mass is 19.3. The van der Waals surface area contributed by atoms with Crippen molar-refractivity contribution >= 4 is 27.5 Å². The molecule has 2 bridgehead atoms. The van der Waals surface area contributed by atoms with E-state index in [1.807, 2.05) is 24.3 Å². The summed E-state index contributed by atoms with van der Waals surface area (Å²) in [5.74, 6) is -2.56. The summed E-state index contributed by atoms with van der Waals surface area (Å²) >= 11 is 0. The normalized spacial score (nSPS) is 25.8. The number of nitrogens with zero attached hydrogens (tertiary/aromatic N) is 6. The first kappa shape index (κ1) is 28.5. The average Bonchev–Trinajstić information content (AvgIpc) is 3.69. The molecule has 0 radical (unpaired) electrons. The van der Waals surface area contributed by atoms with Gasteiger partial charge in [0, 0.05) is 55.8 Å². The minimum Gasteiger partial charge on any atom is -0.508 e. The summed E-state index contributed by atoms with van der Waals surface area (Å²) in [6, 6.07) is 11.0. The Morgan fingerprint density at radius 3 is 2.41 bits per heavy atom. The molecule has 0 spiro atoms. The molecular formula is C35H37F3N6O2. The van der Waals surface area contributed by atoms with Gasteiger partial charge in [-0.15, -0.1) is 0 Å². The molecule has 2 unspecified atom stereocenters. The topological polar surface area (TPSA) is 77.9 Å². The Balaban J connectivity index is 1.12. The van der Waals surface area contributed by atoms with Crippen LogP contribution in [-0.2, 0) is 0 Å². The Morgan fingerprint density at radius 2 is 1.67 bits per heavy atom. The van der Waals surface area contributed by atoms with Gasteiger partial charge >= 0.3 is 6.01 Å². The van der Waals surface area contributed by atoms with Crippen molar-refractivity contribution in [3.63, 3.8) is 0 Å². The lowest BCUT2D eigenvalue weighted by Crippen LogP contribution is -2.62. The number of aromatic hydroxyl groups is 1. The predicted molar refractivity (Wildman–Crippen MR) is 169 cm³/mol. The number of rotatable bonds is 6. The van der Waals surface area contributed by atoms with Gasteiger partial charge in [0.05, 0.1) is 10.9 Å². The Bertz CT molecular complexity index is 1820. The van der Waals surface area contributed by atoms with Gasteiger partial charge in [0.2, 0.25) is 0 Å². The third-order valence-electron chi connectivity index (χ3n) is 11.4. The molecule has 240 valence electrons. The van der Waals surface area contributed by atoms with E-state index in [0.29, 0.717) is 36.5 Å². The predicted octanol–water partition coefficient (Wildman–Crippen LogP) is 6.15. The number of halogens is 3. The van der Waals surface area contributed by atoms with Gasteiger partial charge in [0.15, 0.2) is 5.82 Å². The molecule has 2 atom stereocenters. The Kier molecular flexibility index (Phi) is 6.45. The van der Waals surface area contributed by atoms with Gasteiger partial charge in [-0.1, -0.05) is 24.3 Å². The highest BCUT2D eigenvalue weighted by Gasteiger charge is 2.54. The standard InChI is InChI=1S/C35H37F3N6O2/c36-29-30(27-14-25(45)13-21-5-1-2-6-26(21)27)39-17-28-31(29)40-33(46-20-34-9-3-11-43(34)12-4-10-34)41-32(28)42-18-22-7-8-23(19-42)44(22)24-15-35(37,38)16-24/h1-2,5-6,13-14,17,22-24,45H,3-4,7-12,15-16,18-20H2. The van der Waals surface area contributed by atoms with Crippen LogP contribution in [0.3, 0.4) is 0 Å². The molecule has 1 aliphatic carbocycles. The van der Waals surface area contributed by atoms with Crippen LogP contribution in [0.25, 0.3) is 32.9 Å². The summed E-state index contributed by atoms with van der Waals surface area (Å²) in [6.07, 6.45) is 7.75. The molecule has 8 nitrogen and oxygen atoms in total. The third-order valence-corrected chi connectivity index (χ3v) is 11.4. The second-order valence-corrected chi connectivity index (χ2v) is 14.1. The minimum atomic E-state index is -2.56. The number of phenols is 1. The summed E-state index contributed by atoms with van der Waals surface area (Å²) in [6.45, 7) is 3.80. The molecule has 5 aliphatic rings. The molecule has 9 rings (SSSR count). The molecule has 11 heteroatoms. The number of fused-ring (bicyclic) bond motifs is 5. The number of alkyl halides is 2. The van der Waals surface area contributed by atoms with Crippen molar-refractivity contribution in [1.29, 1.82) is 0 Å². The van der Waals surface area contributed by atoms with E-state index in [1.165, 1.54) is 6.07 Å². The Labute approximate surface area is 265 Å². The number of hydrogen-bond acceptors (Lipinski definition) is 8. The van der Waals surface area contributed by atoms with Crippen molar-refractivity contribution in [3.05, 3.63) is 48.4 Å². The lowest BCUT2D eigenvalue weighted by atomic mass is 9.85. The van der Waals surface area contributed by atoms with E-state index in [4.69, 9.17) is 9.72 Å². The highest BCUT2D eigenvalue weighted by Crippen LogP contribution is 2.47. The smallest absolute Gasteiger partial charge is 0.319 e. The zero-order valence-electron chi connectivity index (χ0n) is 25.6. The molecule has 6 heterocycles. The number of anilines is 1. The van der Waals surface area contributed by atoms with Crippen LogP contribution >= 0.6 is 0 Å². The average molecular weight is 631 g/mol. The monoisotopic (exact) mass is 630 g/mol. The minimum absolute atomic E-state index is 0.0249. The van der Waals surface area contributed by atoms with Gasteiger partial charge in [0.1, 0.15) is 29.4 Å². The summed E-state index contributed by atoms with van der Waals surface area (Å²) in [5.41, 5.74) is 0.671. The van der Waals surface area contributed by atoms with Crippen molar-refractivity contribution in [1.82, 2.24) is 24.8 Å². The van der Waals surface area contributed by atoms with Gasteiger partial charge in [-0.25, -0.2) is 13.2 Å². The molecular weight excluding hydrogens is 593 g/mol.